The van der Waals surface area contributed by atoms with E-state index in [9.17, 15) is 4.79 Å². The van der Waals surface area contributed by atoms with E-state index in [1.807, 2.05) is 0 Å². The lowest BCUT2D eigenvalue weighted by molar-refractivity contribution is -0.122. The lowest BCUT2D eigenvalue weighted by Gasteiger charge is -2.10. The lowest BCUT2D eigenvalue weighted by atomic mass is 10.0. The van der Waals surface area contributed by atoms with Gasteiger partial charge in [0.2, 0.25) is 5.91 Å². The number of amides is 1. The SMILES string of the molecule is CCCCCCCCCCCCCCCCCCn1c(CCCCCNC(=O)C2CC2)nc2ccccc21. The molecule has 1 aromatic heterocycles. The van der Waals surface area contributed by atoms with Gasteiger partial charge in [-0.2, -0.15) is 0 Å². The van der Waals surface area contributed by atoms with E-state index in [4.69, 9.17) is 4.98 Å². The molecule has 1 N–H and O–H groups in total. The van der Waals surface area contributed by atoms with Crippen molar-refractivity contribution in [3.63, 3.8) is 0 Å². The molecular weight excluding hydrogens is 466 g/mol. The molecule has 0 saturated heterocycles. The van der Waals surface area contributed by atoms with Gasteiger partial charge in [-0.15, -0.1) is 0 Å². The van der Waals surface area contributed by atoms with Crippen molar-refractivity contribution in [2.45, 2.75) is 155 Å². The Hall–Kier alpha value is -1.84. The summed E-state index contributed by atoms with van der Waals surface area (Å²) in [4.78, 5) is 16.7. The summed E-state index contributed by atoms with van der Waals surface area (Å²) in [5.74, 6) is 1.83. The van der Waals surface area contributed by atoms with Crippen LogP contribution < -0.4 is 5.32 Å². The largest absolute Gasteiger partial charge is 0.356 e. The number of rotatable bonds is 24. The summed E-state index contributed by atoms with van der Waals surface area (Å²) in [6, 6.07) is 8.61. The molecule has 1 aromatic carbocycles. The highest BCUT2D eigenvalue weighted by atomic mass is 16.2. The minimum absolute atomic E-state index is 0.269. The van der Waals surface area contributed by atoms with Gasteiger partial charge in [0.1, 0.15) is 5.82 Å². The molecule has 4 nitrogen and oxygen atoms in total. The number of carbonyl (C=O) groups excluding carboxylic acids is 1. The van der Waals surface area contributed by atoms with Gasteiger partial charge in [0.15, 0.2) is 0 Å². The Morgan fingerprint density at radius 1 is 0.763 bits per heavy atom. The fourth-order valence-corrected chi connectivity index (χ4v) is 5.67. The number of hydrogen-bond donors (Lipinski definition) is 1. The third-order valence-electron chi connectivity index (χ3n) is 8.29. The molecule has 0 atom stereocenters. The highest BCUT2D eigenvalue weighted by Crippen LogP contribution is 2.28. The number of carbonyl (C=O) groups is 1. The lowest BCUT2D eigenvalue weighted by Crippen LogP contribution is -2.25. The van der Waals surface area contributed by atoms with Crippen LogP contribution in [0.1, 0.15) is 148 Å². The van der Waals surface area contributed by atoms with E-state index in [2.05, 4.69) is 41.1 Å². The summed E-state index contributed by atoms with van der Waals surface area (Å²) in [6.45, 7) is 4.21. The van der Waals surface area contributed by atoms with Crippen LogP contribution in [0, 0.1) is 5.92 Å². The highest BCUT2D eigenvalue weighted by molar-refractivity contribution is 5.80. The van der Waals surface area contributed by atoms with E-state index < -0.39 is 0 Å². The zero-order valence-electron chi connectivity index (χ0n) is 24.7. The van der Waals surface area contributed by atoms with Crippen molar-refractivity contribution in [3.8, 4) is 0 Å². The maximum atomic E-state index is 11.8. The first-order valence-electron chi connectivity index (χ1n) is 16.5. The Bertz CT molecular complexity index is 885. The normalized spacial score (nSPS) is 13.4. The van der Waals surface area contributed by atoms with E-state index in [0.29, 0.717) is 5.92 Å². The number of aromatic nitrogens is 2. The van der Waals surface area contributed by atoms with E-state index in [-0.39, 0.29) is 5.91 Å². The van der Waals surface area contributed by atoms with Crippen LogP contribution in [0.25, 0.3) is 11.0 Å². The molecule has 2 aromatic rings. The van der Waals surface area contributed by atoms with Gasteiger partial charge in [-0.3, -0.25) is 4.79 Å². The topological polar surface area (TPSA) is 46.9 Å². The smallest absolute Gasteiger partial charge is 0.223 e. The Balaban J connectivity index is 1.21. The maximum absolute atomic E-state index is 11.8. The van der Waals surface area contributed by atoms with Crippen LogP contribution in [0.5, 0.6) is 0 Å². The summed E-state index contributed by atoms with van der Waals surface area (Å²) in [5.41, 5.74) is 2.43. The van der Waals surface area contributed by atoms with Crippen molar-refractivity contribution in [1.82, 2.24) is 14.9 Å². The average molecular weight is 524 g/mol. The molecule has 1 aliphatic rings. The van der Waals surface area contributed by atoms with Gasteiger partial charge < -0.3 is 9.88 Å². The molecule has 4 heteroatoms. The van der Waals surface area contributed by atoms with E-state index >= 15 is 0 Å². The van der Waals surface area contributed by atoms with Crippen LogP contribution in [0.15, 0.2) is 24.3 Å². The summed E-state index contributed by atoms with van der Waals surface area (Å²) in [7, 11) is 0. The van der Waals surface area contributed by atoms with Crippen molar-refractivity contribution in [2.24, 2.45) is 5.92 Å². The van der Waals surface area contributed by atoms with Crippen molar-refractivity contribution in [1.29, 1.82) is 0 Å². The quantitative estimate of drug-likeness (QED) is 0.139. The van der Waals surface area contributed by atoms with Gasteiger partial charge in [0.05, 0.1) is 11.0 Å². The van der Waals surface area contributed by atoms with Crippen LogP contribution in [-0.2, 0) is 17.8 Å². The zero-order valence-corrected chi connectivity index (χ0v) is 24.7. The van der Waals surface area contributed by atoms with Gasteiger partial charge in [-0.1, -0.05) is 122 Å². The van der Waals surface area contributed by atoms with Crippen LogP contribution >= 0.6 is 0 Å². The minimum atomic E-state index is 0.269. The predicted molar refractivity (Wildman–Crippen MR) is 163 cm³/mol. The molecule has 3 rings (SSSR count). The van der Waals surface area contributed by atoms with E-state index in [1.54, 1.807) is 0 Å². The van der Waals surface area contributed by atoms with Gasteiger partial charge in [-0.25, -0.2) is 4.98 Å². The number of fused-ring (bicyclic) bond motifs is 1. The number of unbranched alkanes of at least 4 members (excludes halogenated alkanes) is 17. The molecule has 0 spiro atoms. The number of para-hydroxylation sites is 2. The first-order chi connectivity index (χ1) is 18.8. The van der Waals surface area contributed by atoms with Crippen LogP contribution in [-0.4, -0.2) is 22.0 Å². The summed E-state index contributed by atoms with van der Waals surface area (Å²) < 4.78 is 2.48. The fraction of sp³-hybridized carbons (Fsp3) is 0.765. The fourth-order valence-electron chi connectivity index (χ4n) is 5.67. The molecule has 1 aliphatic carbocycles. The molecule has 38 heavy (non-hydrogen) atoms. The van der Waals surface area contributed by atoms with Crippen LogP contribution in [0.2, 0.25) is 0 Å². The Kier molecular flexibility index (Phi) is 15.6. The van der Waals surface area contributed by atoms with Crippen molar-refractivity contribution in [2.75, 3.05) is 6.54 Å². The Morgan fingerprint density at radius 2 is 1.32 bits per heavy atom. The summed E-state index contributed by atoms with van der Waals surface area (Å²) in [5, 5.41) is 3.09. The average Bonchev–Trinajstić information content (AvgIpc) is 3.73. The second-order valence-corrected chi connectivity index (χ2v) is 11.8. The first kappa shape index (κ1) is 30.7. The number of hydrogen-bond acceptors (Lipinski definition) is 2. The molecule has 0 aliphatic heterocycles. The molecule has 0 bridgehead atoms. The van der Waals surface area contributed by atoms with E-state index in [0.717, 1.165) is 57.1 Å². The highest BCUT2D eigenvalue weighted by Gasteiger charge is 2.28. The molecular formula is C34H57N3O. The van der Waals surface area contributed by atoms with Crippen LogP contribution in [0.3, 0.4) is 0 Å². The monoisotopic (exact) mass is 523 g/mol. The number of nitrogens with zero attached hydrogens (tertiary/aromatic N) is 2. The minimum Gasteiger partial charge on any atom is -0.356 e. The van der Waals surface area contributed by atoms with Crippen LogP contribution in [0.4, 0.5) is 0 Å². The van der Waals surface area contributed by atoms with Gasteiger partial charge in [-0.05, 0) is 44.2 Å². The summed E-state index contributed by atoms with van der Waals surface area (Å²) >= 11 is 0. The third kappa shape index (κ3) is 12.3. The number of benzene rings is 1. The van der Waals surface area contributed by atoms with Crippen molar-refractivity contribution >= 4 is 16.9 Å². The Labute approximate surface area is 233 Å². The Morgan fingerprint density at radius 3 is 1.92 bits per heavy atom. The second kappa shape index (κ2) is 19.3. The van der Waals surface area contributed by atoms with Gasteiger partial charge >= 0.3 is 0 Å². The number of imidazole rings is 1. The predicted octanol–water partition coefficient (Wildman–Crippen LogP) is 9.54. The van der Waals surface area contributed by atoms with Crippen molar-refractivity contribution < 1.29 is 4.79 Å². The number of nitrogens with one attached hydrogen (secondary N) is 1. The van der Waals surface area contributed by atoms with Gasteiger partial charge in [0.25, 0.3) is 0 Å². The summed E-state index contributed by atoms with van der Waals surface area (Å²) in [6.07, 6.45) is 29.1. The molecule has 0 unspecified atom stereocenters. The zero-order chi connectivity index (χ0) is 26.7. The second-order valence-electron chi connectivity index (χ2n) is 11.8. The standard InChI is InChI=1S/C34H57N3O/c1-2-3-4-5-6-7-8-9-10-11-12-13-14-15-16-22-29-37-32-24-20-19-23-31(32)36-33(37)25-18-17-21-28-35-34(38)30-26-27-30/h19-20,23-24,30H,2-18,21-22,25-29H2,1H3,(H,35,38). The van der Waals surface area contributed by atoms with E-state index in [1.165, 1.54) is 114 Å². The molecule has 1 amide bonds. The molecule has 0 radical (unpaired) electrons. The molecule has 1 fully saturated rings. The first-order valence-corrected chi connectivity index (χ1v) is 16.5. The number of aryl methyl sites for hydroxylation is 2. The molecule has 1 heterocycles. The van der Waals surface area contributed by atoms with Gasteiger partial charge in [0, 0.05) is 25.4 Å². The molecule has 1 saturated carbocycles. The molecule has 214 valence electrons. The maximum Gasteiger partial charge on any atom is 0.223 e. The third-order valence-corrected chi connectivity index (χ3v) is 8.29. The van der Waals surface area contributed by atoms with Crippen molar-refractivity contribution in [3.05, 3.63) is 30.1 Å².